The van der Waals surface area contributed by atoms with Crippen molar-refractivity contribution in [1.82, 2.24) is 5.32 Å². The van der Waals surface area contributed by atoms with E-state index in [1.54, 1.807) is 6.92 Å². The average molecular weight is 263 g/mol. The maximum absolute atomic E-state index is 12.1. The Morgan fingerprint density at radius 2 is 1.74 bits per heavy atom. The van der Waals surface area contributed by atoms with Gasteiger partial charge in [-0.15, -0.1) is 0 Å². The number of hydrogen-bond donors (Lipinski definition) is 2. The third kappa shape index (κ3) is 4.73. The Bertz CT molecular complexity index is 428. The quantitative estimate of drug-likeness (QED) is 0.828. The summed E-state index contributed by atoms with van der Waals surface area (Å²) in [4.78, 5) is 23.2. The van der Waals surface area contributed by atoms with Gasteiger partial charge in [-0.1, -0.05) is 44.2 Å². The standard InChI is InChI=1S/C15H21NO3/c1-10(2)9-13(15(18)19)16-14(17)11(3)12-7-5-4-6-8-12/h4-8,10-11,13H,9H2,1-3H3,(H,16,17)(H,18,19)/t11-,13+/m1/s1. The first-order valence-corrected chi connectivity index (χ1v) is 6.50. The molecule has 2 atom stereocenters. The zero-order chi connectivity index (χ0) is 14.4. The summed E-state index contributed by atoms with van der Waals surface area (Å²) in [5, 5.41) is 11.7. The van der Waals surface area contributed by atoms with Crippen molar-refractivity contribution in [2.75, 3.05) is 0 Å². The molecular weight excluding hydrogens is 242 g/mol. The molecule has 4 nitrogen and oxygen atoms in total. The molecule has 1 rings (SSSR count). The van der Waals surface area contributed by atoms with Crippen molar-refractivity contribution in [3.8, 4) is 0 Å². The normalized spacial score (nSPS) is 13.9. The molecule has 0 aliphatic carbocycles. The molecule has 1 amide bonds. The van der Waals surface area contributed by atoms with Gasteiger partial charge in [-0.2, -0.15) is 0 Å². The Labute approximate surface area is 113 Å². The van der Waals surface area contributed by atoms with Gasteiger partial charge in [0, 0.05) is 0 Å². The van der Waals surface area contributed by atoms with E-state index >= 15 is 0 Å². The Morgan fingerprint density at radius 3 is 2.21 bits per heavy atom. The number of aliphatic carboxylic acids is 1. The summed E-state index contributed by atoms with van der Waals surface area (Å²) >= 11 is 0. The number of carbonyl (C=O) groups is 2. The molecule has 0 fully saturated rings. The third-order valence-electron chi connectivity index (χ3n) is 3.01. The van der Waals surface area contributed by atoms with Gasteiger partial charge in [-0.05, 0) is 24.8 Å². The van der Waals surface area contributed by atoms with Crippen molar-refractivity contribution in [2.24, 2.45) is 5.92 Å². The lowest BCUT2D eigenvalue weighted by atomic mass is 9.98. The first kappa shape index (κ1) is 15.2. The van der Waals surface area contributed by atoms with Gasteiger partial charge in [0.1, 0.15) is 6.04 Å². The van der Waals surface area contributed by atoms with Gasteiger partial charge in [0.25, 0.3) is 0 Å². The van der Waals surface area contributed by atoms with Crippen LogP contribution in [0.2, 0.25) is 0 Å². The third-order valence-corrected chi connectivity index (χ3v) is 3.01. The fourth-order valence-electron chi connectivity index (χ4n) is 1.88. The molecule has 1 aromatic rings. The minimum Gasteiger partial charge on any atom is -0.480 e. The second-order valence-electron chi connectivity index (χ2n) is 5.16. The molecule has 2 N–H and O–H groups in total. The second kappa shape index (κ2) is 6.92. The molecule has 0 aliphatic rings. The monoisotopic (exact) mass is 263 g/mol. The van der Waals surface area contributed by atoms with Gasteiger partial charge in [0.2, 0.25) is 5.91 Å². The second-order valence-corrected chi connectivity index (χ2v) is 5.16. The number of amides is 1. The first-order chi connectivity index (χ1) is 8.91. The van der Waals surface area contributed by atoms with Crippen molar-refractivity contribution in [3.05, 3.63) is 35.9 Å². The highest BCUT2D eigenvalue weighted by atomic mass is 16.4. The summed E-state index contributed by atoms with van der Waals surface area (Å²) in [7, 11) is 0. The summed E-state index contributed by atoms with van der Waals surface area (Å²) in [6.45, 7) is 5.64. The molecule has 0 bridgehead atoms. The summed E-state index contributed by atoms with van der Waals surface area (Å²) in [6, 6.07) is 8.51. The summed E-state index contributed by atoms with van der Waals surface area (Å²) in [5.74, 6) is -1.37. The fraction of sp³-hybridized carbons (Fsp3) is 0.467. The molecule has 0 unspecified atom stereocenters. The molecule has 0 radical (unpaired) electrons. The number of carboxylic acids is 1. The van der Waals surface area contributed by atoms with Crippen LogP contribution in [0.4, 0.5) is 0 Å². The molecule has 0 saturated carbocycles. The number of hydrogen-bond acceptors (Lipinski definition) is 2. The van der Waals surface area contributed by atoms with Crippen molar-refractivity contribution in [3.63, 3.8) is 0 Å². The predicted octanol–water partition coefficient (Wildman–Crippen LogP) is 2.41. The van der Waals surface area contributed by atoms with Gasteiger partial charge < -0.3 is 10.4 Å². The minimum absolute atomic E-state index is 0.216. The van der Waals surface area contributed by atoms with Crippen molar-refractivity contribution < 1.29 is 14.7 Å². The van der Waals surface area contributed by atoms with Crippen LogP contribution in [-0.2, 0) is 9.59 Å². The topological polar surface area (TPSA) is 66.4 Å². The summed E-state index contributed by atoms with van der Waals surface area (Å²) < 4.78 is 0. The van der Waals surface area contributed by atoms with E-state index in [0.29, 0.717) is 6.42 Å². The highest BCUT2D eigenvalue weighted by molar-refractivity contribution is 5.87. The molecule has 0 heterocycles. The lowest BCUT2D eigenvalue weighted by Crippen LogP contribution is -2.43. The Morgan fingerprint density at radius 1 is 1.16 bits per heavy atom. The number of carbonyl (C=O) groups excluding carboxylic acids is 1. The van der Waals surface area contributed by atoms with Gasteiger partial charge in [-0.25, -0.2) is 4.79 Å². The lowest BCUT2D eigenvalue weighted by Gasteiger charge is -2.19. The van der Waals surface area contributed by atoms with Crippen molar-refractivity contribution in [1.29, 1.82) is 0 Å². The average Bonchev–Trinajstić information content (AvgIpc) is 2.37. The Balaban J connectivity index is 2.69. The number of benzene rings is 1. The van der Waals surface area contributed by atoms with Crippen LogP contribution in [0.3, 0.4) is 0 Å². The zero-order valence-electron chi connectivity index (χ0n) is 11.6. The predicted molar refractivity (Wildman–Crippen MR) is 73.9 cm³/mol. The number of carboxylic acid groups (broad SMARTS) is 1. The van der Waals surface area contributed by atoms with Gasteiger partial charge in [0.05, 0.1) is 5.92 Å². The molecule has 0 aromatic heterocycles. The van der Waals surface area contributed by atoms with Crippen LogP contribution in [-0.4, -0.2) is 23.0 Å². The van der Waals surface area contributed by atoms with E-state index in [-0.39, 0.29) is 17.7 Å². The smallest absolute Gasteiger partial charge is 0.326 e. The molecule has 0 spiro atoms. The van der Waals surface area contributed by atoms with Crippen LogP contribution in [0.1, 0.15) is 38.7 Å². The maximum Gasteiger partial charge on any atom is 0.326 e. The van der Waals surface area contributed by atoms with Crippen molar-refractivity contribution >= 4 is 11.9 Å². The van der Waals surface area contributed by atoms with Gasteiger partial charge >= 0.3 is 5.97 Å². The van der Waals surface area contributed by atoms with Crippen LogP contribution in [0, 0.1) is 5.92 Å². The highest BCUT2D eigenvalue weighted by Crippen LogP contribution is 2.15. The number of nitrogens with one attached hydrogen (secondary N) is 1. The number of rotatable bonds is 6. The highest BCUT2D eigenvalue weighted by Gasteiger charge is 2.24. The van der Waals surface area contributed by atoms with Crippen LogP contribution in [0.15, 0.2) is 30.3 Å². The van der Waals surface area contributed by atoms with E-state index in [9.17, 15) is 9.59 Å². The van der Waals surface area contributed by atoms with E-state index < -0.39 is 12.0 Å². The maximum atomic E-state index is 12.1. The van der Waals surface area contributed by atoms with Gasteiger partial charge in [-0.3, -0.25) is 4.79 Å². The molecule has 104 valence electrons. The van der Waals surface area contributed by atoms with Crippen LogP contribution in [0.25, 0.3) is 0 Å². The minimum atomic E-state index is -0.984. The molecule has 19 heavy (non-hydrogen) atoms. The fourth-order valence-corrected chi connectivity index (χ4v) is 1.88. The van der Waals surface area contributed by atoms with E-state index in [1.165, 1.54) is 0 Å². The molecule has 0 aliphatic heterocycles. The van der Waals surface area contributed by atoms with Crippen LogP contribution < -0.4 is 5.32 Å². The largest absolute Gasteiger partial charge is 0.480 e. The van der Waals surface area contributed by atoms with E-state index in [2.05, 4.69) is 5.32 Å². The molecule has 0 saturated heterocycles. The first-order valence-electron chi connectivity index (χ1n) is 6.50. The molecular formula is C15H21NO3. The van der Waals surface area contributed by atoms with Crippen LogP contribution in [0.5, 0.6) is 0 Å². The Hall–Kier alpha value is -1.84. The van der Waals surface area contributed by atoms with Crippen LogP contribution >= 0.6 is 0 Å². The molecule has 1 aromatic carbocycles. The van der Waals surface area contributed by atoms with Crippen molar-refractivity contribution in [2.45, 2.75) is 39.2 Å². The summed E-state index contributed by atoms with van der Waals surface area (Å²) in [5.41, 5.74) is 0.883. The van der Waals surface area contributed by atoms with E-state index in [0.717, 1.165) is 5.56 Å². The van der Waals surface area contributed by atoms with Gasteiger partial charge in [0.15, 0.2) is 0 Å². The summed E-state index contributed by atoms with van der Waals surface area (Å²) in [6.07, 6.45) is 0.433. The Kier molecular flexibility index (Phi) is 5.55. The van der Waals surface area contributed by atoms with E-state index in [4.69, 9.17) is 5.11 Å². The van der Waals surface area contributed by atoms with E-state index in [1.807, 2.05) is 44.2 Å². The lowest BCUT2D eigenvalue weighted by molar-refractivity contribution is -0.142. The SMILES string of the molecule is CC(C)C[C@H](NC(=O)[C@H](C)c1ccccc1)C(=O)O. The molecule has 4 heteroatoms. The zero-order valence-corrected chi connectivity index (χ0v) is 11.6.